The highest BCUT2D eigenvalue weighted by Crippen LogP contribution is 2.32. The standard InChI is InChI=1S/C26H35N5O4S.C2H4O2/c1-16(23(32)29-15-19-10-11-21(36-19)22(27)28)30-24(33)20-14-18(17-8-6-5-7-9-17)12-13-31(20)25(34)35-26(2,3)4;1-2(3)4/h5-11,16,18,20H,12-15H2,1-4H3,(H3,27,28)(H,29,32)(H,30,33);1H3,(H,3,4)/t16-,18-,20+;/m0./s1. The molecule has 0 spiro atoms. The summed E-state index contributed by atoms with van der Waals surface area (Å²) < 4.78 is 5.56. The maximum absolute atomic E-state index is 13.3. The SMILES string of the molecule is CC(=O)O.C[C@H](NC(=O)[C@H]1C[C@@H](c2ccccc2)CCN1C(=O)OC(C)(C)C)C(=O)NCc1ccc(C(=N)N)s1. The lowest BCUT2D eigenvalue weighted by atomic mass is 9.85. The summed E-state index contributed by atoms with van der Waals surface area (Å²) in [5.74, 6) is -1.48. The van der Waals surface area contributed by atoms with E-state index in [1.165, 1.54) is 16.2 Å². The van der Waals surface area contributed by atoms with Crippen molar-refractivity contribution in [3.63, 3.8) is 0 Å². The van der Waals surface area contributed by atoms with Crippen LogP contribution in [0.15, 0.2) is 42.5 Å². The number of nitrogen functional groups attached to an aromatic ring is 1. The maximum Gasteiger partial charge on any atom is 0.410 e. The van der Waals surface area contributed by atoms with Crippen molar-refractivity contribution in [1.82, 2.24) is 15.5 Å². The molecule has 3 amide bonds. The molecule has 40 heavy (non-hydrogen) atoms. The van der Waals surface area contributed by atoms with Crippen LogP contribution < -0.4 is 16.4 Å². The van der Waals surface area contributed by atoms with E-state index in [0.717, 1.165) is 17.4 Å². The fraction of sp³-hybridized carbons (Fsp3) is 0.464. The number of ether oxygens (including phenoxy) is 1. The Kier molecular flexibility index (Phi) is 11.7. The maximum atomic E-state index is 13.3. The van der Waals surface area contributed by atoms with E-state index < -0.39 is 29.7 Å². The fourth-order valence-corrected chi connectivity index (χ4v) is 4.91. The van der Waals surface area contributed by atoms with Crippen molar-refractivity contribution in [3.05, 3.63) is 57.8 Å². The van der Waals surface area contributed by atoms with E-state index in [1.807, 2.05) is 30.3 Å². The number of nitrogens with zero attached hydrogens (tertiary/aromatic N) is 1. The number of thiophene rings is 1. The number of amides is 3. The molecular weight excluding hydrogens is 534 g/mol. The zero-order chi connectivity index (χ0) is 30.0. The molecule has 1 aliphatic heterocycles. The van der Waals surface area contributed by atoms with Crippen LogP contribution in [0.3, 0.4) is 0 Å². The molecule has 2 aromatic rings. The topological polar surface area (TPSA) is 175 Å². The predicted molar refractivity (Wildman–Crippen MR) is 153 cm³/mol. The highest BCUT2D eigenvalue weighted by atomic mass is 32.1. The van der Waals surface area contributed by atoms with Gasteiger partial charge in [0.1, 0.15) is 23.5 Å². The number of carbonyl (C=O) groups is 4. The van der Waals surface area contributed by atoms with E-state index in [4.69, 9.17) is 25.8 Å². The van der Waals surface area contributed by atoms with Gasteiger partial charge in [0.05, 0.1) is 11.4 Å². The zero-order valence-corrected chi connectivity index (χ0v) is 24.3. The van der Waals surface area contributed by atoms with Crippen molar-refractivity contribution >= 4 is 41.0 Å². The lowest BCUT2D eigenvalue weighted by molar-refractivity contribution is -0.134. The molecule has 1 aliphatic rings. The lowest BCUT2D eigenvalue weighted by Gasteiger charge is -2.39. The number of nitrogens with one attached hydrogen (secondary N) is 3. The Hall–Kier alpha value is -3.93. The van der Waals surface area contributed by atoms with Crippen molar-refractivity contribution in [1.29, 1.82) is 5.41 Å². The van der Waals surface area contributed by atoms with Crippen molar-refractivity contribution in [2.75, 3.05) is 6.54 Å². The van der Waals surface area contributed by atoms with Gasteiger partial charge in [0, 0.05) is 18.3 Å². The van der Waals surface area contributed by atoms with Gasteiger partial charge in [0.25, 0.3) is 5.97 Å². The number of carboxylic acid groups (broad SMARTS) is 1. The molecule has 3 atom stereocenters. The highest BCUT2D eigenvalue weighted by molar-refractivity contribution is 7.14. The third-order valence-corrected chi connectivity index (χ3v) is 7.04. The van der Waals surface area contributed by atoms with Crippen LogP contribution in [0.2, 0.25) is 0 Å². The predicted octanol–water partition coefficient (Wildman–Crippen LogP) is 3.43. The summed E-state index contributed by atoms with van der Waals surface area (Å²) in [4.78, 5) is 50.9. The Morgan fingerprint density at radius 3 is 2.35 bits per heavy atom. The van der Waals surface area contributed by atoms with E-state index in [2.05, 4.69) is 10.6 Å². The van der Waals surface area contributed by atoms with Gasteiger partial charge in [-0.3, -0.25) is 24.7 Å². The summed E-state index contributed by atoms with van der Waals surface area (Å²) >= 11 is 1.33. The number of rotatable bonds is 7. The molecule has 6 N–H and O–H groups in total. The monoisotopic (exact) mass is 573 g/mol. The fourth-order valence-electron chi connectivity index (χ4n) is 4.10. The molecular formula is C28H39N5O6S. The Morgan fingerprint density at radius 1 is 1.18 bits per heavy atom. The first-order valence-corrected chi connectivity index (χ1v) is 13.7. The zero-order valence-electron chi connectivity index (χ0n) is 23.5. The van der Waals surface area contributed by atoms with Gasteiger partial charge in [0.15, 0.2) is 0 Å². The first-order chi connectivity index (χ1) is 18.7. The first-order valence-electron chi connectivity index (χ1n) is 12.9. The van der Waals surface area contributed by atoms with Crippen LogP contribution in [0.4, 0.5) is 4.79 Å². The lowest BCUT2D eigenvalue weighted by Crippen LogP contribution is -2.57. The third kappa shape index (κ3) is 10.3. The van der Waals surface area contributed by atoms with E-state index in [1.54, 1.807) is 39.8 Å². The van der Waals surface area contributed by atoms with Gasteiger partial charge < -0.3 is 26.2 Å². The van der Waals surface area contributed by atoms with Crippen molar-refractivity contribution in [3.8, 4) is 0 Å². The minimum absolute atomic E-state index is 0.0194. The molecule has 2 heterocycles. The number of amidine groups is 1. The molecule has 0 bridgehead atoms. The van der Waals surface area contributed by atoms with Crippen LogP contribution in [0.1, 0.15) is 68.7 Å². The van der Waals surface area contributed by atoms with Crippen LogP contribution >= 0.6 is 11.3 Å². The first kappa shape index (κ1) is 32.3. The Morgan fingerprint density at radius 2 is 1.80 bits per heavy atom. The van der Waals surface area contributed by atoms with Crippen molar-refractivity contribution < 1.29 is 29.0 Å². The number of piperidine rings is 1. The highest BCUT2D eigenvalue weighted by Gasteiger charge is 2.39. The molecule has 218 valence electrons. The van der Waals surface area contributed by atoms with Crippen molar-refractivity contribution in [2.45, 2.75) is 77.6 Å². The molecule has 0 saturated carbocycles. The summed E-state index contributed by atoms with van der Waals surface area (Å²) in [5.41, 5.74) is 5.92. The van der Waals surface area contributed by atoms with E-state index >= 15 is 0 Å². The Labute approximate surface area is 238 Å². The third-order valence-electron chi connectivity index (χ3n) is 5.92. The number of hydrogen-bond acceptors (Lipinski definition) is 7. The second kappa shape index (κ2) is 14.5. The number of benzene rings is 1. The number of carbonyl (C=O) groups excluding carboxylic acids is 3. The molecule has 1 aromatic heterocycles. The van der Waals surface area contributed by atoms with Crippen LogP contribution in [0, 0.1) is 5.41 Å². The molecule has 0 unspecified atom stereocenters. The minimum atomic E-state index is -0.833. The van der Waals surface area contributed by atoms with Crippen LogP contribution in [-0.2, 0) is 25.7 Å². The van der Waals surface area contributed by atoms with Gasteiger partial charge in [0.2, 0.25) is 11.8 Å². The minimum Gasteiger partial charge on any atom is -0.481 e. The molecule has 1 fully saturated rings. The quantitative estimate of drug-likeness (QED) is 0.249. The van der Waals surface area contributed by atoms with Crippen LogP contribution in [-0.4, -0.2) is 63.9 Å². The van der Waals surface area contributed by atoms with Gasteiger partial charge in [-0.2, -0.15) is 0 Å². The van der Waals surface area contributed by atoms with Gasteiger partial charge in [-0.1, -0.05) is 30.3 Å². The number of likely N-dealkylation sites (tertiary alicyclic amines) is 1. The second-order valence-corrected chi connectivity index (χ2v) is 11.6. The summed E-state index contributed by atoms with van der Waals surface area (Å²) in [7, 11) is 0. The van der Waals surface area contributed by atoms with Crippen molar-refractivity contribution in [2.24, 2.45) is 5.73 Å². The molecule has 0 aliphatic carbocycles. The second-order valence-electron chi connectivity index (χ2n) is 10.5. The average molecular weight is 574 g/mol. The Balaban J connectivity index is 0.00000131. The molecule has 1 aromatic carbocycles. The summed E-state index contributed by atoms with van der Waals surface area (Å²) in [6, 6.07) is 11.9. The number of hydrogen-bond donors (Lipinski definition) is 5. The normalized spacial score (nSPS) is 17.5. The van der Waals surface area contributed by atoms with E-state index in [9.17, 15) is 14.4 Å². The van der Waals surface area contributed by atoms with Crippen LogP contribution in [0.5, 0.6) is 0 Å². The summed E-state index contributed by atoms with van der Waals surface area (Å²) in [5, 5.41) is 20.5. The van der Waals surface area contributed by atoms with E-state index in [-0.39, 0.29) is 30.1 Å². The molecule has 0 radical (unpaired) electrons. The van der Waals surface area contributed by atoms with Crippen LogP contribution in [0.25, 0.3) is 0 Å². The smallest absolute Gasteiger partial charge is 0.410 e. The average Bonchev–Trinajstić information content (AvgIpc) is 3.35. The summed E-state index contributed by atoms with van der Waals surface area (Å²) in [6.45, 7) is 8.70. The van der Waals surface area contributed by atoms with Gasteiger partial charge in [-0.15, -0.1) is 11.3 Å². The molecule has 3 rings (SSSR count). The van der Waals surface area contributed by atoms with Gasteiger partial charge in [-0.05, 0) is 64.2 Å². The number of nitrogens with two attached hydrogens (primary N) is 1. The molecule has 11 nitrogen and oxygen atoms in total. The number of carboxylic acids is 1. The van der Waals surface area contributed by atoms with E-state index in [0.29, 0.717) is 24.3 Å². The van der Waals surface area contributed by atoms with Gasteiger partial charge >= 0.3 is 6.09 Å². The molecule has 1 saturated heterocycles. The largest absolute Gasteiger partial charge is 0.481 e. The number of aliphatic carboxylic acids is 1. The molecule has 12 heteroatoms. The summed E-state index contributed by atoms with van der Waals surface area (Å²) in [6.07, 6.45) is 0.615. The Bertz CT molecular complexity index is 1190. The van der Waals surface area contributed by atoms with Gasteiger partial charge in [-0.25, -0.2) is 4.79 Å².